The van der Waals surface area contributed by atoms with Crippen LogP contribution in [0.1, 0.15) is 0 Å². The number of fused-ring (bicyclic) bond motifs is 1. The number of rotatable bonds is 8. The molecule has 4 rings (SSSR count). The molecule has 11 nitrogen and oxygen atoms in total. The molecule has 0 aliphatic rings. The number of hydroxylamine groups is 1. The van der Waals surface area contributed by atoms with E-state index in [0.717, 1.165) is 16.6 Å². The lowest BCUT2D eigenvalue weighted by Gasteiger charge is -2.18. The Morgan fingerprint density at radius 3 is 2.51 bits per heavy atom. The number of carbonyl (C=O) groups is 1. The van der Waals surface area contributed by atoms with Gasteiger partial charge in [-0.1, -0.05) is 0 Å². The Kier molecular flexibility index (Phi) is 7.24. The third-order valence-corrected chi connectivity index (χ3v) is 7.29. The summed E-state index contributed by atoms with van der Waals surface area (Å²) < 4.78 is 62.8. The Morgan fingerprint density at radius 1 is 1.08 bits per heavy atom. The van der Waals surface area contributed by atoms with E-state index in [2.05, 4.69) is 35.6 Å². The molecule has 3 N–H and O–H groups in total. The average molecular weight is 554 g/mol. The molecule has 2 aromatic heterocycles. The summed E-state index contributed by atoms with van der Waals surface area (Å²) in [5, 5.41) is 13.9. The molecule has 37 heavy (non-hydrogen) atoms. The normalized spacial score (nSPS) is 12.1. The molecular formula is C21H18F3N7O4S2. The summed E-state index contributed by atoms with van der Waals surface area (Å²) in [5.41, 5.74) is 1.91. The monoisotopic (exact) mass is 553 g/mol. The highest BCUT2D eigenvalue weighted by Gasteiger charge is 2.43. The number of sulfonamides is 1. The fourth-order valence-electron chi connectivity index (χ4n) is 3.11. The van der Waals surface area contributed by atoms with Gasteiger partial charge in [-0.25, -0.2) is 23.2 Å². The molecule has 2 aromatic carbocycles. The smallest absolute Gasteiger partial charge is 0.345 e. The predicted molar refractivity (Wildman–Crippen MR) is 130 cm³/mol. The Balaban J connectivity index is 1.57. The van der Waals surface area contributed by atoms with Crippen LogP contribution in [0.5, 0.6) is 0 Å². The number of alkyl halides is 3. The molecule has 4 aromatic rings. The van der Waals surface area contributed by atoms with E-state index in [1.165, 1.54) is 36.3 Å². The fraction of sp³-hybridized carbons (Fsp3) is 0.143. The van der Waals surface area contributed by atoms with Gasteiger partial charge in [-0.3, -0.25) is 5.10 Å². The summed E-state index contributed by atoms with van der Waals surface area (Å²) in [4.78, 5) is 23.6. The minimum absolute atomic E-state index is 0.135. The van der Waals surface area contributed by atoms with Crippen LogP contribution >= 0.6 is 11.8 Å². The summed E-state index contributed by atoms with van der Waals surface area (Å²) in [5.74, 6) is -1.91. The molecule has 0 spiro atoms. The van der Waals surface area contributed by atoms with Crippen LogP contribution < -0.4 is 10.6 Å². The zero-order chi connectivity index (χ0) is 26.8. The molecule has 0 aliphatic carbocycles. The van der Waals surface area contributed by atoms with E-state index in [0.29, 0.717) is 29.3 Å². The van der Waals surface area contributed by atoms with Gasteiger partial charge in [0.1, 0.15) is 18.0 Å². The third kappa shape index (κ3) is 5.92. The van der Waals surface area contributed by atoms with Gasteiger partial charge >= 0.3 is 12.1 Å². The number of hydrogen-bond acceptors (Lipinski definition) is 10. The molecule has 0 amide bonds. The number of nitrogens with zero attached hydrogens (tertiary/aromatic N) is 4. The molecular weight excluding hydrogens is 535 g/mol. The van der Waals surface area contributed by atoms with Crippen molar-refractivity contribution < 1.29 is 31.2 Å². The lowest BCUT2D eigenvalue weighted by molar-refractivity contribution is -0.219. The van der Waals surface area contributed by atoms with Crippen molar-refractivity contribution >= 4 is 61.7 Å². The second-order valence-electron chi connectivity index (χ2n) is 7.36. The third-order valence-electron chi connectivity index (χ3n) is 4.89. The van der Waals surface area contributed by atoms with Crippen molar-refractivity contribution in [1.29, 1.82) is 0 Å². The average Bonchev–Trinajstić information content (AvgIpc) is 3.31. The van der Waals surface area contributed by atoms with Crippen molar-refractivity contribution in [2.24, 2.45) is 0 Å². The molecule has 0 atom stereocenters. The van der Waals surface area contributed by atoms with E-state index < -0.39 is 27.1 Å². The number of thioether (sulfide) groups is 1. The van der Waals surface area contributed by atoms with Gasteiger partial charge in [0.25, 0.3) is 10.0 Å². The van der Waals surface area contributed by atoms with Gasteiger partial charge in [-0.05, 0) is 47.1 Å². The van der Waals surface area contributed by atoms with Crippen LogP contribution in [0.15, 0.2) is 64.8 Å². The van der Waals surface area contributed by atoms with Crippen LogP contribution in [0.4, 0.5) is 36.2 Å². The number of nitrogens with one attached hydrogen (secondary N) is 3. The summed E-state index contributed by atoms with van der Waals surface area (Å²) in [6.45, 7) is 0. The SMILES string of the molecule is CSc1ccc(S(=O)(=O)N(C)OC(=O)C(F)(F)F)cc1Nc1cc(Nc2ccc3[nH]ncc3c2)ncn1. The lowest BCUT2D eigenvalue weighted by atomic mass is 10.2. The Morgan fingerprint density at radius 2 is 1.81 bits per heavy atom. The standard InChI is InChI=1S/C21H18F3N7O4S2/c1-31(35-20(32)21(22,23)24)37(33,34)14-4-6-17(36-2)16(8-14)29-19-9-18(25-11-26-19)28-13-3-5-15-12(7-13)10-27-30-15/h3-11H,1-2H3,(H,27,30)(H2,25,26,28,29). The maximum Gasteiger partial charge on any atom is 0.492 e. The maximum atomic E-state index is 12.7. The second-order valence-corrected chi connectivity index (χ2v) is 10.1. The van der Waals surface area contributed by atoms with Crippen molar-refractivity contribution in [2.75, 3.05) is 23.9 Å². The van der Waals surface area contributed by atoms with Gasteiger partial charge in [-0.15, -0.1) is 11.8 Å². The number of aromatic nitrogens is 4. The van der Waals surface area contributed by atoms with E-state index in [1.54, 1.807) is 18.5 Å². The molecule has 16 heteroatoms. The number of anilines is 4. The number of carbonyl (C=O) groups excluding carboxylic acids is 1. The molecule has 0 aliphatic heterocycles. The largest absolute Gasteiger partial charge is 0.492 e. The van der Waals surface area contributed by atoms with Crippen molar-refractivity contribution in [3.8, 4) is 0 Å². The topological polar surface area (TPSA) is 142 Å². The van der Waals surface area contributed by atoms with Gasteiger partial charge in [0.2, 0.25) is 0 Å². The van der Waals surface area contributed by atoms with Gasteiger partial charge in [0, 0.05) is 29.1 Å². The highest BCUT2D eigenvalue weighted by Crippen LogP contribution is 2.32. The number of aromatic amines is 1. The minimum atomic E-state index is -5.36. The Bertz CT molecular complexity index is 1560. The van der Waals surface area contributed by atoms with E-state index >= 15 is 0 Å². The number of H-pyrrole nitrogens is 1. The lowest BCUT2D eigenvalue weighted by Crippen LogP contribution is -2.36. The van der Waals surface area contributed by atoms with Gasteiger partial charge in [-0.2, -0.15) is 18.3 Å². The molecule has 0 saturated carbocycles. The first-order valence-corrected chi connectivity index (χ1v) is 12.9. The fourth-order valence-corrected chi connectivity index (χ4v) is 4.62. The zero-order valence-electron chi connectivity index (χ0n) is 19.1. The van der Waals surface area contributed by atoms with Crippen LogP contribution in [0, 0.1) is 0 Å². The first-order chi connectivity index (χ1) is 17.5. The minimum Gasteiger partial charge on any atom is -0.345 e. The van der Waals surface area contributed by atoms with Crippen LogP contribution in [-0.2, 0) is 19.7 Å². The molecule has 194 valence electrons. The highest BCUT2D eigenvalue weighted by atomic mass is 32.2. The molecule has 0 saturated heterocycles. The summed E-state index contributed by atoms with van der Waals surface area (Å²) in [6, 6.07) is 11.0. The first kappa shape index (κ1) is 26.2. The second kappa shape index (κ2) is 10.2. The van der Waals surface area contributed by atoms with Crippen molar-refractivity contribution in [1.82, 2.24) is 24.6 Å². The highest BCUT2D eigenvalue weighted by molar-refractivity contribution is 7.98. The van der Waals surface area contributed by atoms with Crippen LogP contribution in [-0.4, -0.2) is 58.5 Å². The van der Waals surface area contributed by atoms with E-state index in [4.69, 9.17) is 0 Å². The number of benzene rings is 2. The first-order valence-electron chi connectivity index (χ1n) is 10.2. The molecule has 2 heterocycles. The Labute approximate surface area is 212 Å². The summed E-state index contributed by atoms with van der Waals surface area (Å²) in [6.07, 6.45) is -0.627. The molecule has 0 unspecified atom stereocenters. The number of halogens is 3. The van der Waals surface area contributed by atoms with Crippen molar-refractivity contribution in [3.05, 3.63) is 55.0 Å². The predicted octanol–water partition coefficient (Wildman–Crippen LogP) is 4.20. The van der Waals surface area contributed by atoms with Crippen LogP contribution in [0.25, 0.3) is 10.9 Å². The van der Waals surface area contributed by atoms with E-state index in [-0.39, 0.29) is 4.47 Å². The summed E-state index contributed by atoms with van der Waals surface area (Å²) in [7, 11) is -3.92. The van der Waals surface area contributed by atoms with Crippen LogP contribution in [0.2, 0.25) is 0 Å². The number of hydrogen-bond donors (Lipinski definition) is 3. The maximum absolute atomic E-state index is 12.7. The van der Waals surface area contributed by atoms with Crippen LogP contribution in [0.3, 0.4) is 0 Å². The molecule has 0 radical (unpaired) electrons. The molecule has 0 fully saturated rings. The Hall–Kier alpha value is -3.89. The van der Waals surface area contributed by atoms with Crippen molar-refractivity contribution in [3.63, 3.8) is 0 Å². The van der Waals surface area contributed by atoms with Gasteiger partial charge in [0.05, 0.1) is 22.3 Å². The van der Waals surface area contributed by atoms with Crippen molar-refractivity contribution in [2.45, 2.75) is 16.0 Å². The van der Waals surface area contributed by atoms with E-state index in [9.17, 15) is 26.4 Å². The van der Waals surface area contributed by atoms with E-state index in [1.807, 2.05) is 18.2 Å². The van der Waals surface area contributed by atoms with Gasteiger partial charge < -0.3 is 15.5 Å². The van der Waals surface area contributed by atoms with Gasteiger partial charge in [0.15, 0.2) is 0 Å². The summed E-state index contributed by atoms with van der Waals surface area (Å²) >= 11 is 1.29. The quantitative estimate of drug-likeness (QED) is 0.215. The molecule has 0 bridgehead atoms. The zero-order valence-corrected chi connectivity index (χ0v) is 20.7.